The zero-order valence-corrected chi connectivity index (χ0v) is 18.3. The van der Waals surface area contributed by atoms with Crippen molar-refractivity contribution in [1.29, 1.82) is 0 Å². The van der Waals surface area contributed by atoms with Crippen molar-refractivity contribution in [2.24, 2.45) is 11.7 Å². The van der Waals surface area contributed by atoms with Crippen LogP contribution >= 0.6 is 23.1 Å². The Morgan fingerprint density at radius 3 is 2.50 bits per heavy atom. The average molecular weight is 456 g/mol. The first kappa shape index (κ1) is 23.6. The third-order valence-corrected chi connectivity index (χ3v) is 5.48. The van der Waals surface area contributed by atoms with Crippen LogP contribution in [0.2, 0.25) is 5.02 Å². The Morgan fingerprint density at radius 1 is 1.30 bits per heavy atom. The van der Waals surface area contributed by atoms with Crippen LogP contribution in [0, 0.1) is 11.7 Å². The van der Waals surface area contributed by atoms with Gasteiger partial charge >= 0.3 is 0 Å². The number of aromatic nitrogens is 1. The van der Waals surface area contributed by atoms with E-state index < -0.39 is 29.6 Å². The largest absolute Gasteiger partial charge is 0.395 e. The second kappa shape index (κ2) is 9.86. The van der Waals surface area contributed by atoms with E-state index in [1.807, 2.05) is 13.8 Å². The van der Waals surface area contributed by atoms with Crippen molar-refractivity contribution in [3.8, 4) is 0 Å². The summed E-state index contributed by atoms with van der Waals surface area (Å²) in [5.41, 5.74) is 10.9. The number of nitrogen functional groups attached to an aromatic ring is 1. The first-order valence-electron chi connectivity index (χ1n) is 9.15. The molecule has 2 rings (SSSR count). The van der Waals surface area contributed by atoms with Crippen LogP contribution in [0.25, 0.3) is 0 Å². The highest BCUT2D eigenvalue weighted by Gasteiger charge is 2.32. The number of nitrogens with one attached hydrogen (secondary N) is 1. The van der Waals surface area contributed by atoms with Gasteiger partial charge in [-0.3, -0.25) is 19.3 Å². The van der Waals surface area contributed by atoms with Crippen LogP contribution in [0.4, 0.5) is 15.8 Å². The Kier molecular flexibility index (Phi) is 7.74. The number of primary amides is 1. The molecule has 0 spiro atoms. The lowest BCUT2D eigenvalue weighted by molar-refractivity contribution is -0.122. The van der Waals surface area contributed by atoms with Gasteiger partial charge in [0.2, 0.25) is 5.91 Å². The highest BCUT2D eigenvalue weighted by molar-refractivity contribution is 7.09. The number of rotatable bonds is 8. The molecule has 0 aliphatic heterocycles. The van der Waals surface area contributed by atoms with E-state index in [0.717, 1.165) is 17.4 Å². The number of hydrogen-bond donors (Lipinski definition) is 3. The monoisotopic (exact) mass is 455 g/mol. The van der Waals surface area contributed by atoms with Crippen molar-refractivity contribution >= 4 is 52.2 Å². The lowest BCUT2D eigenvalue weighted by Crippen LogP contribution is -2.48. The number of carbonyl (C=O) groups is 3. The van der Waals surface area contributed by atoms with Gasteiger partial charge in [0.1, 0.15) is 16.7 Å². The summed E-state index contributed by atoms with van der Waals surface area (Å²) >= 11 is 6.57. The number of amides is 3. The first-order chi connectivity index (χ1) is 14.0. The number of halogens is 2. The number of nitrogens with zero attached hydrogens (tertiary/aromatic N) is 2. The fraction of sp³-hybridized carbons (Fsp3) is 0.368. The van der Waals surface area contributed by atoms with Gasteiger partial charge in [-0.05, 0) is 49.0 Å². The predicted molar refractivity (Wildman–Crippen MR) is 115 cm³/mol. The van der Waals surface area contributed by atoms with Crippen LogP contribution in [0.15, 0.2) is 18.2 Å². The minimum atomic E-state index is -0.982. The minimum Gasteiger partial charge on any atom is -0.395 e. The summed E-state index contributed by atoms with van der Waals surface area (Å²) in [7, 11) is 0. The molecule has 0 radical (unpaired) electrons. The van der Waals surface area contributed by atoms with Crippen LogP contribution in [-0.4, -0.2) is 34.7 Å². The van der Waals surface area contributed by atoms with Crippen molar-refractivity contribution in [3.63, 3.8) is 0 Å². The molecule has 0 saturated carbocycles. The standard InChI is InChI=1S/C19H23ClFN5O3S/c1-9(2)6-7-24-18(28)10(3)26(11-4-5-13(21)12(20)8-11)19(29)16-14(22)15(17(23)27)25-30-16/h4-5,8-10H,6-7,22H2,1-3H3,(H2,23,27)(H,24,28)/t10-/m1/s1. The summed E-state index contributed by atoms with van der Waals surface area (Å²) in [4.78, 5) is 38.5. The van der Waals surface area contributed by atoms with E-state index in [1.54, 1.807) is 0 Å². The van der Waals surface area contributed by atoms with Crippen LogP contribution in [-0.2, 0) is 4.79 Å². The molecule has 0 bridgehead atoms. The molecule has 0 saturated heterocycles. The van der Waals surface area contributed by atoms with Gasteiger partial charge < -0.3 is 16.8 Å². The Balaban J connectivity index is 2.43. The quantitative estimate of drug-likeness (QED) is 0.563. The topological polar surface area (TPSA) is 131 Å². The smallest absolute Gasteiger partial charge is 0.272 e. The Hall–Kier alpha value is -2.72. The predicted octanol–water partition coefficient (Wildman–Crippen LogP) is 2.81. The van der Waals surface area contributed by atoms with Crippen molar-refractivity contribution < 1.29 is 18.8 Å². The highest BCUT2D eigenvalue weighted by atomic mass is 35.5. The summed E-state index contributed by atoms with van der Waals surface area (Å²) in [6, 6.07) is 2.67. The molecule has 1 heterocycles. The lowest BCUT2D eigenvalue weighted by atomic mass is 10.1. The number of hydrogen-bond acceptors (Lipinski definition) is 6. The number of nitrogens with two attached hydrogens (primary N) is 2. The van der Waals surface area contributed by atoms with E-state index in [9.17, 15) is 18.8 Å². The third kappa shape index (κ3) is 5.25. The van der Waals surface area contributed by atoms with Crippen LogP contribution in [0.1, 0.15) is 47.4 Å². The summed E-state index contributed by atoms with van der Waals surface area (Å²) in [6.07, 6.45) is 0.762. The maximum Gasteiger partial charge on any atom is 0.272 e. The molecule has 1 aromatic carbocycles. The molecular weight excluding hydrogens is 433 g/mol. The van der Waals surface area contributed by atoms with E-state index >= 15 is 0 Å². The van der Waals surface area contributed by atoms with Gasteiger partial charge in [0, 0.05) is 12.2 Å². The van der Waals surface area contributed by atoms with Crippen molar-refractivity contribution in [1.82, 2.24) is 9.69 Å². The molecule has 1 atom stereocenters. The normalized spacial score (nSPS) is 11.9. The summed E-state index contributed by atoms with van der Waals surface area (Å²) in [6.45, 7) is 6.00. The van der Waals surface area contributed by atoms with Gasteiger partial charge in [-0.2, -0.15) is 4.37 Å². The third-order valence-electron chi connectivity index (χ3n) is 4.34. The van der Waals surface area contributed by atoms with Crippen LogP contribution in [0.3, 0.4) is 0 Å². The molecule has 0 aliphatic carbocycles. The molecule has 0 aliphatic rings. The maximum atomic E-state index is 13.7. The molecule has 11 heteroatoms. The van der Waals surface area contributed by atoms with Crippen LogP contribution < -0.4 is 21.7 Å². The van der Waals surface area contributed by atoms with Crippen molar-refractivity contribution in [3.05, 3.63) is 39.6 Å². The van der Waals surface area contributed by atoms with E-state index in [-0.39, 0.29) is 27.0 Å². The maximum absolute atomic E-state index is 13.7. The van der Waals surface area contributed by atoms with Crippen LogP contribution in [0.5, 0.6) is 0 Å². The van der Waals surface area contributed by atoms with Crippen molar-refractivity contribution in [2.45, 2.75) is 33.2 Å². The van der Waals surface area contributed by atoms with E-state index in [2.05, 4.69) is 9.69 Å². The molecule has 30 heavy (non-hydrogen) atoms. The lowest BCUT2D eigenvalue weighted by Gasteiger charge is -2.28. The van der Waals surface area contributed by atoms with Gasteiger partial charge in [-0.1, -0.05) is 25.4 Å². The fourth-order valence-corrected chi connectivity index (χ4v) is 3.56. The molecule has 162 valence electrons. The number of carbonyl (C=O) groups excluding carboxylic acids is 3. The van der Waals surface area contributed by atoms with E-state index in [0.29, 0.717) is 24.0 Å². The Labute approximate surface area is 182 Å². The molecular formula is C19H23ClFN5O3S. The van der Waals surface area contributed by atoms with Gasteiger partial charge in [0.25, 0.3) is 11.8 Å². The van der Waals surface area contributed by atoms with Gasteiger partial charge in [0.15, 0.2) is 5.69 Å². The zero-order chi connectivity index (χ0) is 22.6. The summed E-state index contributed by atoms with van der Waals surface area (Å²) in [5, 5.41) is 2.56. The number of benzene rings is 1. The average Bonchev–Trinajstić information content (AvgIpc) is 3.05. The molecule has 2 aromatic rings. The molecule has 3 amide bonds. The first-order valence-corrected chi connectivity index (χ1v) is 10.3. The second-order valence-corrected chi connectivity index (χ2v) is 8.24. The second-order valence-electron chi connectivity index (χ2n) is 7.06. The SMILES string of the molecule is CC(C)CCNC(=O)[C@@H](C)N(C(=O)c1snc(C(N)=O)c1N)c1ccc(F)c(Cl)c1. The number of anilines is 2. The van der Waals surface area contributed by atoms with E-state index in [4.69, 9.17) is 23.1 Å². The molecule has 8 nitrogen and oxygen atoms in total. The van der Waals surface area contributed by atoms with Crippen molar-refractivity contribution in [2.75, 3.05) is 17.2 Å². The molecule has 1 aromatic heterocycles. The molecule has 5 N–H and O–H groups in total. The minimum absolute atomic E-state index is 0.0638. The van der Waals surface area contributed by atoms with E-state index in [1.165, 1.54) is 19.1 Å². The summed E-state index contributed by atoms with van der Waals surface area (Å²) in [5.74, 6) is -2.26. The Morgan fingerprint density at radius 2 is 1.97 bits per heavy atom. The fourth-order valence-electron chi connectivity index (χ4n) is 2.64. The molecule has 0 fully saturated rings. The van der Waals surface area contributed by atoms with Gasteiger partial charge in [0.05, 0.1) is 10.7 Å². The van der Waals surface area contributed by atoms with Gasteiger partial charge in [-0.15, -0.1) is 0 Å². The highest BCUT2D eigenvalue weighted by Crippen LogP contribution is 2.29. The zero-order valence-electron chi connectivity index (χ0n) is 16.7. The molecule has 0 unspecified atom stereocenters. The Bertz CT molecular complexity index is 966. The summed E-state index contributed by atoms with van der Waals surface area (Å²) < 4.78 is 17.5. The van der Waals surface area contributed by atoms with Gasteiger partial charge in [-0.25, -0.2) is 4.39 Å².